The Bertz CT molecular complexity index is 441. The van der Waals surface area contributed by atoms with Gasteiger partial charge in [-0.05, 0) is 31.2 Å². The quantitative estimate of drug-likeness (QED) is 0.643. The van der Waals surface area contributed by atoms with Gasteiger partial charge in [-0.2, -0.15) is 0 Å². The van der Waals surface area contributed by atoms with E-state index >= 15 is 0 Å². The lowest BCUT2D eigenvalue weighted by Gasteiger charge is -2.38. The van der Waals surface area contributed by atoms with Gasteiger partial charge >= 0.3 is 0 Å². The summed E-state index contributed by atoms with van der Waals surface area (Å²) in [7, 11) is 0. The second-order valence-electron chi connectivity index (χ2n) is 5.08. The van der Waals surface area contributed by atoms with Crippen LogP contribution in [-0.4, -0.2) is 16.5 Å². The predicted octanol–water partition coefficient (Wildman–Crippen LogP) is 2.90. The van der Waals surface area contributed by atoms with Crippen molar-refractivity contribution in [2.24, 2.45) is 5.41 Å². The highest BCUT2D eigenvalue weighted by molar-refractivity contribution is 5.44. The maximum absolute atomic E-state index is 10.7. The van der Waals surface area contributed by atoms with Crippen molar-refractivity contribution < 1.29 is 4.92 Å². The lowest BCUT2D eigenvalue weighted by Crippen LogP contribution is -2.33. The Kier molecular flexibility index (Phi) is 3.00. The van der Waals surface area contributed by atoms with Crippen molar-refractivity contribution in [3.63, 3.8) is 0 Å². The molecule has 17 heavy (non-hydrogen) atoms. The predicted molar refractivity (Wildman–Crippen MR) is 66.1 cm³/mol. The monoisotopic (exact) mass is 235 g/mol. The van der Waals surface area contributed by atoms with Crippen LogP contribution < -0.4 is 5.32 Å². The first-order valence-electron chi connectivity index (χ1n) is 5.86. The van der Waals surface area contributed by atoms with Gasteiger partial charge in [0.25, 0.3) is 5.69 Å². The van der Waals surface area contributed by atoms with E-state index in [1.54, 1.807) is 13.0 Å². The molecule has 0 radical (unpaired) electrons. The molecule has 1 aromatic heterocycles. The highest BCUT2D eigenvalue weighted by Gasteiger charge is 2.31. The van der Waals surface area contributed by atoms with E-state index in [0.717, 1.165) is 12.4 Å². The normalized spacial score (nSPS) is 17.3. The Hall–Kier alpha value is -1.65. The largest absolute Gasteiger partial charge is 0.370 e. The number of nitrogens with one attached hydrogen (secondary N) is 1. The van der Waals surface area contributed by atoms with Crippen molar-refractivity contribution in [2.45, 2.75) is 33.1 Å². The molecule has 0 spiro atoms. The Morgan fingerprint density at radius 3 is 2.71 bits per heavy atom. The summed E-state index contributed by atoms with van der Waals surface area (Å²) in [5, 5.41) is 13.9. The summed E-state index contributed by atoms with van der Waals surface area (Å²) < 4.78 is 0. The minimum atomic E-state index is -0.403. The van der Waals surface area contributed by atoms with E-state index in [2.05, 4.69) is 17.2 Å². The van der Waals surface area contributed by atoms with Crippen LogP contribution in [0.3, 0.4) is 0 Å². The van der Waals surface area contributed by atoms with Crippen LogP contribution >= 0.6 is 0 Å². The van der Waals surface area contributed by atoms with Crippen LogP contribution in [0.4, 0.5) is 11.5 Å². The number of nitro groups is 1. The van der Waals surface area contributed by atoms with E-state index in [9.17, 15) is 10.1 Å². The minimum absolute atomic E-state index is 0.0744. The van der Waals surface area contributed by atoms with Crippen LogP contribution in [0.5, 0.6) is 0 Å². The zero-order valence-corrected chi connectivity index (χ0v) is 10.2. The van der Waals surface area contributed by atoms with Crippen molar-refractivity contribution in [1.29, 1.82) is 0 Å². The summed E-state index contributed by atoms with van der Waals surface area (Å²) in [6, 6.07) is 3.18. The zero-order valence-electron chi connectivity index (χ0n) is 10.2. The lowest BCUT2D eigenvalue weighted by atomic mass is 9.70. The van der Waals surface area contributed by atoms with E-state index in [-0.39, 0.29) is 5.69 Å². The smallest absolute Gasteiger partial charge is 0.290 e. The van der Waals surface area contributed by atoms with Gasteiger partial charge in [0, 0.05) is 12.6 Å². The Morgan fingerprint density at radius 2 is 2.24 bits per heavy atom. The minimum Gasteiger partial charge on any atom is -0.370 e. The molecule has 1 aromatic rings. The highest BCUT2D eigenvalue weighted by atomic mass is 16.6. The SMILES string of the molecule is Cc1nc(NCC2(C)CCC2)ccc1[N+](=O)[O-]. The molecular formula is C12H17N3O2. The summed E-state index contributed by atoms with van der Waals surface area (Å²) in [5.74, 6) is 0.723. The molecule has 0 saturated heterocycles. The first-order valence-corrected chi connectivity index (χ1v) is 5.86. The molecule has 0 aliphatic heterocycles. The molecule has 2 rings (SSSR count). The molecule has 5 heteroatoms. The van der Waals surface area contributed by atoms with Crippen LogP contribution in [0, 0.1) is 22.5 Å². The molecular weight excluding hydrogens is 218 g/mol. The number of pyridine rings is 1. The number of nitrogens with zero attached hydrogens (tertiary/aromatic N) is 2. The number of hydrogen-bond acceptors (Lipinski definition) is 4. The number of aromatic nitrogens is 1. The van der Waals surface area contributed by atoms with E-state index < -0.39 is 4.92 Å². The molecule has 5 nitrogen and oxygen atoms in total. The molecule has 0 amide bonds. The van der Waals surface area contributed by atoms with E-state index in [4.69, 9.17) is 0 Å². The molecule has 1 heterocycles. The molecule has 1 fully saturated rings. The summed E-state index contributed by atoms with van der Waals surface area (Å²) in [6.07, 6.45) is 3.78. The maximum atomic E-state index is 10.7. The Labute approximate surface area is 100 Å². The summed E-state index contributed by atoms with van der Waals surface area (Å²) >= 11 is 0. The zero-order chi connectivity index (χ0) is 12.5. The van der Waals surface area contributed by atoms with E-state index in [0.29, 0.717) is 11.1 Å². The van der Waals surface area contributed by atoms with Crippen molar-refractivity contribution in [3.05, 3.63) is 27.9 Å². The van der Waals surface area contributed by atoms with Crippen molar-refractivity contribution in [1.82, 2.24) is 4.98 Å². The van der Waals surface area contributed by atoms with Gasteiger partial charge in [-0.1, -0.05) is 13.3 Å². The summed E-state index contributed by atoms with van der Waals surface area (Å²) in [5.41, 5.74) is 0.904. The van der Waals surface area contributed by atoms with Crippen LogP contribution in [0.15, 0.2) is 12.1 Å². The van der Waals surface area contributed by atoms with Gasteiger partial charge in [-0.25, -0.2) is 4.98 Å². The second kappa shape index (κ2) is 4.31. The Balaban J connectivity index is 2.02. The standard InChI is InChI=1S/C12H17N3O2/c1-9-10(15(16)17)4-5-11(14-9)13-8-12(2)6-3-7-12/h4-5H,3,6-8H2,1-2H3,(H,13,14). The topological polar surface area (TPSA) is 68.1 Å². The second-order valence-corrected chi connectivity index (χ2v) is 5.08. The number of rotatable bonds is 4. The van der Waals surface area contributed by atoms with Gasteiger partial charge in [0.2, 0.25) is 0 Å². The molecule has 1 N–H and O–H groups in total. The molecule has 1 aliphatic rings. The number of aryl methyl sites for hydroxylation is 1. The van der Waals surface area contributed by atoms with Crippen LogP contribution in [-0.2, 0) is 0 Å². The third-order valence-corrected chi connectivity index (χ3v) is 3.51. The fraction of sp³-hybridized carbons (Fsp3) is 0.583. The van der Waals surface area contributed by atoms with Crippen LogP contribution in [0.1, 0.15) is 31.9 Å². The lowest BCUT2D eigenvalue weighted by molar-refractivity contribution is -0.385. The van der Waals surface area contributed by atoms with Gasteiger partial charge in [0.1, 0.15) is 11.5 Å². The fourth-order valence-electron chi connectivity index (χ4n) is 2.11. The molecule has 0 atom stereocenters. The van der Waals surface area contributed by atoms with Gasteiger partial charge < -0.3 is 5.32 Å². The van der Waals surface area contributed by atoms with Gasteiger partial charge in [-0.15, -0.1) is 0 Å². The maximum Gasteiger partial charge on any atom is 0.290 e. The van der Waals surface area contributed by atoms with E-state index in [1.807, 2.05) is 0 Å². The number of hydrogen-bond donors (Lipinski definition) is 1. The molecule has 1 saturated carbocycles. The summed E-state index contributed by atoms with van der Waals surface area (Å²) in [6.45, 7) is 4.80. The molecule has 92 valence electrons. The molecule has 1 aliphatic carbocycles. The van der Waals surface area contributed by atoms with Crippen LogP contribution in [0.2, 0.25) is 0 Å². The van der Waals surface area contributed by atoms with Crippen molar-refractivity contribution in [3.8, 4) is 0 Å². The molecule has 0 unspecified atom stereocenters. The molecule has 0 aromatic carbocycles. The third kappa shape index (κ3) is 2.54. The van der Waals surface area contributed by atoms with Crippen molar-refractivity contribution >= 4 is 11.5 Å². The van der Waals surface area contributed by atoms with Gasteiger partial charge in [-0.3, -0.25) is 10.1 Å². The Morgan fingerprint density at radius 1 is 1.53 bits per heavy atom. The average Bonchev–Trinajstić information content (AvgIpc) is 2.23. The van der Waals surface area contributed by atoms with Crippen LogP contribution in [0.25, 0.3) is 0 Å². The highest BCUT2D eigenvalue weighted by Crippen LogP contribution is 2.40. The number of anilines is 1. The van der Waals surface area contributed by atoms with Crippen molar-refractivity contribution in [2.75, 3.05) is 11.9 Å². The first kappa shape index (κ1) is 11.8. The average molecular weight is 235 g/mol. The third-order valence-electron chi connectivity index (χ3n) is 3.51. The first-order chi connectivity index (χ1) is 8.00. The van der Waals surface area contributed by atoms with Gasteiger partial charge in [0.15, 0.2) is 0 Å². The summed E-state index contributed by atoms with van der Waals surface area (Å²) in [4.78, 5) is 14.5. The molecule has 0 bridgehead atoms. The van der Waals surface area contributed by atoms with E-state index in [1.165, 1.54) is 25.3 Å². The van der Waals surface area contributed by atoms with Gasteiger partial charge in [0.05, 0.1) is 4.92 Å². The fourth-order valence-corrected chi connectivity index (χ4v) is 2.11.